The van der Waals surface area contributed by atoms with E-state index in [1.165, 1.54) is 0 Å². The summed E-state index contributed by atoms with van der Waals surface area (Å²) in [5.74, 6) is 0.427. The summed E-state index contributed by atoms with van der Waals surface area (Å²) in [6.07, 6.45) is 0. The summed E-state index contributed by atoms with van der Waals surface area (Å²) in [4.78, 5) is 3.94. The van der Waals surface area contributed by atoms with Crippen LogP contribution < -0.4 is 0 Å². The fourth-order valence-electron chi connectivity index (χ4n) is 1.01. The molecule has 0 N–H and O–H groups in total. The Balaban J connectivity index is 2.48. The molecule has 1 aromatic rings. The molecule has 0 saturated carbocycles. The van der Waals surface area contributed by atoms with Gasteiger partial charge in [0, 0.05) is 10.6 Å². The molecule has 0 unspecified atom stereocenters. The molecular weight excluding hydrogens is 241 g/mol. The van der Waals surface area contributed by atoms with E-state index in [1.807, 2.05) is 0 Å². The molecule has 6 heteroatoms. The van der Waals surface area contributed by atoms with Crippen LogP contribution in [0.5, 0.6) is 0 Å². The second kappa shape index (κ2) is 3.73. The lowest BCUT2D eigenvalue weighted by Gasteiger charge is -1.99. The number of thiocarbonyl (C=S) groups is 1. The molecule has 0 bridgehead atoms. The van der Waals surface area contributed by atoms with Gasteiger partial charge in [-0.2, -0.15) is 4.99 Å². The van der Waals surface area contributed by atoms with Crippen LogP contribution in [0.25, 0.3) is 0 Å². The lowest BCUT2D eigenvalue weighted by Crippen LogP contribution is -1.95. The topological polar surface area (TPSA) is 37.1 Å². The van der Waals surface area contributed by atoms with E-state index >= 15 is 0 Å². The van der Waals surface area contributed by atoms with Gasteiger partial charge in [0.25, 0.3) is 0 Å². The number of rotatable bonds is 1. The van der Waals surface area contributed by atoms with Crippen molar-refractivity contribution in [1.29, 1.82) is 0 Å². The number of hydrogen-bond donors (Lipinski definition) is 0. The summed E-state index contributed by atoms with van der Waals surface area (Å²) in [6.45, 7) is 0. The van der Waals surface area contributed by atoms with Crippen molar-refractivity contribution in [3.63, 3.8) is 0 Å². The molecule has 1 aromatic carbocycles. The standard InChI is InChI=1S/C8H3Cl2N3S/c9-4-1-2-5(6(10)3-4)7-11-8(14)13-12-7/h1-3H. The van der Waals surface area contributed by atoms with Crippen molar-refractivity contribution in [1.82, 2.24) is 0 Å². The minimum absolute atomic E-state index is 0.214. The van der Waals surface area contributed by atoms with E-state index in [-0.39, 0.29) is 5.11 Å². The number of aliphatic imine (C=N–C) groups is 1. The van der Waals surface area contributed by atoms with Gasteiger partial charge in [-0.3, -0.25) is 0 Å². The number of amidine groups is 1. The van der Waals surface area contributed by atoms with Crippen molar-refractivity contribution in [3.05, 3.63) is 33.8 Å². The van der Waals surface area contributed by atoms with Gasteiger partial charge in [-0.25, -0.2) is 0 Å². The molecule has 2 rings (SSSR count). The Labute approximate surface area is 95.5 Å². The van der Waals surface area contributed by atoms with Crippen LogP contribution in [0.4, 0.5) is 0 Å². The molecular formula is C8H3Cl2N3S. The largest absolute Gasteiger partial charge is 0.242 e. The van der Waals surface area contributed by atoms with Gasteiger partial charge < -0.3 is 0 Å². The summed E-state index contributed by atoms with van der Waals surface area (Å²) < 4.78 is 0. The fourth-order valence-corrected chi connectivity index (χ4v) is 1.63. The third-order valence-corrected chi connectivity index (χ3v) is 2.32. The Hall–Kier alpha value is -0.840. The molecule has 0 aliphatic carbocycles. The Morgan fingerprint density at radius 3 is 2.50 bits per heavy atom. The maximum absolute atomic E-state index is 5.95. The zero-order valence-corrected chi connectivity index (χ0v) is 9.07. The van der Waals surface area contributed by atoms with Gasteiger partial charge in [-0.1, -0.05) is 23.2 Å². The average Bonchev–Trinajstić information content (AvgIpc) is 2.51. The van der Waals surface area contributed by atoms with Gasteiger partial charge >= 0.3 is 0 Å². The van der Waals surface area contributed by atoms with E-state index in [0.29, 0.717) is 21.4 Å². The van der Waals surface area contributed by atoms with Crippen LogP contribution in [0.1, 0.15) is 5.56 Å². The predicted octanol–water partition coefficient (Wildman–Crippen LogP) is 3.49. The minimum atomic E-state index is 0.214. The first kappa shape index (κ1) is 9.71. The Bertz CT molecular complexity index is 468. The monoisotopic (exact) mass is 243 g/mol. The van der Waals surface area contributed by atoms with Crippen molar-refractivity contribution in [2.45, 2.75) is 0 Å². The maximum atomic E-state index is 5.95. The van der Waals surface area contributed by atoms with Crippen LogP contribution in [0, 0.1) is 0 Å². The number of halogens is 2. The molecule has 0 fully saturated rings. The van der Waals surface area contributed by atoms with Crippen molar-refractivity contribution in [2.24, 2.45) is 15.2 Å². The van der Waals surface area contributed by atoms with E-state index in [1.54, 1.807) is 18.2 Å². The molecule has 14 heavy (non-hydrogen) atoms. The molecule has 1 heterocycles. The van der Waals surface area contributed by atoms with Crippen molar-refractivity contribution in [2.75, 3.05) is 0 Å². The maximum Gasteiger partial charge on any atom is 0.242 e. The molecule has 0 aromatic heterocycles. The highest BCUT2D eigenvalue weighted by Crippen LogP contribution is 2.23. The smallest absolute Gasteiger partial charge is 0.195 e. The first-order valence-electron chi connectivity index (χ1n) is 3.66. The van der Waals surface area contributed by atoms with Gasteiger partial charge in [0.1, 0.15) is 0 Å². The Kier molecular flexibility index (Phi) is 2.58. The lowest BCUT2D eigenvalue weighted by molar-refractivity contribution is 1.40. The molecule has 0 atom stereocenters. The summed E-state index contributed by atoms with van der Waals surface area (Å²) in [5, 5.41) is 8.67. The minimum Gasteiger partial charge on any atom is -0.195 e. The van der Waals surface area contributed by atoms with E-state index in [9.17, 15) is 0 Å². The van der Waals surface area contributed by atoms with Gasteiger partial charge in [-0.05, 0) is 30.4 Å². The molecule has 1 aliphatic heterocycles. The average molecular weight is 244 g/mol. The van der Waals surface area contributed by atoms with Crippen molar-refractivity contribution < 1.29 is 0 Å². The van der Waals surface area contributed by atoms with Gasteiger partial charge in [0.05, 0.1) is 5.02 Å². The molecule has 0 radical (unpaired) electrons. The van der Waals surface area contributed by atoms with E-state index < -0.39 is 0 Å². The second-order valence-corrected chi connectivity index (χ2v) is 3.75. The second-order valence-electron chi connectivity index (χ2n) is 2.54. The molecule has 3 nitrogen and oxygen atoms in total. The molecule has 0 spiro atoms. The van der Waals surface area contributed by atoms with Crippen LogP contribution in [0.3, 0.4) is 0 Å². The van der Waals surface area contributed by atoms with Gasteiger partial charge in [0.2, 0.25) is 5.11 Å². The van der Waals surface area contributed by atoms with E-state index in [4.69, 9.17) is 35.4 Å². The third-order valence-electron chi connectivity index (χ3n) is 1.60. The number of hydrogen-bond acceptors (Lipinski definition) is 2. The molecule has 1 aliphatic rings. The highest BCUT2D eigenvalue weighted by molar-refractivity contribution is 7.80. The van der Waals surface area contributed by atoms with Gasteiger partial charge in [0.15, 0.2) is 5.84 Å². The zero-order valence-electron chi connectivity index (χ0n) is 6.74. The van der Waals surface area contributed by atoms with Crippen LogP contribution in [-0.2, 0) is 0 Å². The van der Waals surface area contributed by atoms with E-state index in [0.717, 1.165) is 0 Å². The van der Waals surface area contributed by atoms with E-state index in [2.05, 4.69) is 15.2 Å². The Morgan fingerprint density at radius 2 is 1.93 bits per heavy atom. The first-order valence-corrected chi connectivity index (χ1v) is 4.83. The van der Waals surface area contributed by atoms with Crippen molar-refractivity contribution >= 4 is 46.4 Å². The molecule has 0 amide bonds. The fraction of sp³-hybridized carbons (Fsp3) is 0. The van der Waals surface area contributed by atoms with Crippen molar-refractivity contribution in [3.8, 4) is 0 Å². The van der Waals surface area contributed by atoms with Crippen LogP contribution in [0.2, 0.25) is 10.0 Å². The normalized spacial score (nSPS) is 14.7. The molecule has 0 saturated heterocycles. The molecule has 70 valence electrons. The van der Waals surface area contributed by atoms with Crippen LogP contribution in [-0.4, -0.2) is 10.9 Å². The summed E-state index contributed by atoms with van der Waals surface area (Å²) in [6, 6.07) is 5.07. The number of benzene rings is 1. The summed E-state index contributed by atoms with van der Waals surface area (Å²) in [7, 11) is 0. The SMILES string of the molecule is S=C1N=NC(c2ccc(Cl)cc2Cl)=N1. The zero-order chi connectivity index (χ0) is 10.1. The lowest BCUT2D eigenvalue weighted by atomic mass is 10.2. The Morgan fingerprint density at radius 1 is 1.14 bits per heavy atom. The summed E-state index contributed by atoms with van der Waals surface area (Å²) in [5.41, 5.74) is 0.680. The quantitative estimate of drug-likeness (QED) is 0.696. The van der Waals surface area contributed by atoms with Gasteiger partial charge in [-0.15, -0.1) is 10.2 Å². The first-order chi connectivity index (χ1) is 6.66. The van der Waals surface area contributed by atoms with Crippen LogP contribution >= 0.6 is 35.4 Å². The highest BCUT2D eigenvalue weighted by Gasteiger charge is 2.13. The third kappa shape index (κ3) is 1.82. The highest BCUT2D eigenvalue weighted by atomic mass is 35.5. The number of azo groups is 1. The number of nitrogens with zero attached hydrogens (tertiary/aromatic N) is 3. The summed E-state index contributed by atoms with van der Waals surface area (Å²) >= 11 is 16.4. The predicted molar refractivity (Wildman–Crippen MR) is 60.5 cm³/mol. The van der Waals surface area contributed by atoms with Crippen LogP contribution in [0.15, 0.2) is 33.4 Å².